The van der Waals surface area contributed by atoms with Gasteiger partial charge in [-0.3, -0.25) is 9.36 Å². The summed E-state index contributed by atoms with van der Waals surface area (Å²) in [6.07, 6.45) is 5.01. The first kappa shape index (κ1) is 17.6. The van der Waals surface area contributed by atoms with E-state index in [1.807, 2.05) is 39.9 Å². The second kappa shape index (κ2) is 8.25. The van der Waals surface area contributed by atoms with Crippen molar-refractivity contribution in [1.82, 2.24) is 14.5 Å². The van der Waals surface area contributed by atoms with Crippen LogP contribution in [0.25, 0.3) is 5.69 Å². The lowest BCUT2D eigenvalue weighted by molar-refractivity contribution is -0.131. The first-order chi connectivity index (χ1) is 12.2. The van der Waals surface area contributed by atoms with Crippen molar-refractivity contribution < 1.29 is 9.53 Å². The number of aromatic nitrogens is 2. The van der Waals surface area contributed by atoms with Crippen molar-refractivity contribution in [3.05, 3.63) is 36.7 Å². The standard InChI is InChI=1S/C18H23ClN4O2/c1-25-16-5-2-4-15(14-16)23-9-8-20-18(23)22-12-10-21(11-13-22)17(24)6-3-7-19/h2,4-5,8-9,14H,3,6-7,10-13H2,1H3. The fourth-order valence-electron chi connectivity index (χ4n) is 3.02. The van der Waals surface area contributed by atoms with Gasteiger partial charge in [0.05, 0.1) is 12.8 Å². The highest BCUT2D eigenvalue weighted by Gasteiger charge is 2.23. The largest absolute Gasteiger partial charge is 0.497 e. The minimum Gasteiger partial charge on any atom is -0.497 e. The zero-order valence-electron chi connectivity index (χ0n) is 14.4. The van der Waals surface area contributed by atoms with E-state index in [0.29, 0.717) is 25.4 Å². The molecule has 1 aromatic carbocycles. The Morgan fingerprint density at radius 2 is 2.08 bits per heavy atom. The quantitative estimate of drug-likeness (QED) is 0.741. The van der Waals surface area contributed by atoms with Crippen LogP contribution in [0.15, 0.2) is 36.7 Å². The van der Waals surface area contributed by atoms with Gasteiger partial charge < -0.3 is 14.5 Å². The number of amides is 1. The third-order valence-corrected chi connectivity index (χ3v) is 4.66. The maximum Gasteiger partial charge on any atom is 0.222 e. The van der Waals surface area contributed by atoms with Crippen LogP contribution < -0.4 is 9.64 Å². The van der Waals surface area contributed by atoms with Gasteiger partial charge in [-0.05, 0) is 18.6 Å². The number of imidazole rings is 1. The topological polar surface area (TPSA) is 50.6 Å². The molecule has 0 saturated carbocycles. The van der Waals surface area contributed by atoms with Crippen LogP contribution in [0, 0.1) is 0 Å². The molecule has 0 atom stereocenters. The van der Waals surface area contributed by atoms with Crippen molar-refractivity contribution in [2.45, 2.75) is 12.8 Å². The summed E-state index contributed by atoms with van der Waals surface area (Å²) >= 11 is 5.67. The van der Waals surface area contributed by atoms with Gasteiger partial charge in [0.2, 0.25) is 11.9 Å². The Morgan fingerprint density at radius 3 is 2.80 bits per heavy atom. The summed E-state index contributed by atoms with van der Waals surface area (Å²) in [6, 6.07) is 7.90. The van der Waals surface area contributed by atoms with Gasteiger partial charge in [-0.25, -0.2) is 4.98 Å². The van der Waals surface area contributed by atoms with Crippen LogP contribution in [-0.2, 0) is 4.79 Å². The number of hydrogen-bond acceptors (Lipinski definition) is 4. The number of piperazine rings is 1. The molecule has 1 fully saturated rings. The third-order valence-electron chi connectivity index (χ3n) is 4.39. The van der Waals surface area contributed by atoms with Crippen molar-refractivity contribution >= 4 is 23.5 Å². The fraction of sp³-hybridized carbons (Fsp3) is 0.444. The first-order valence-electron chi connectivity index (χ1n) is 8.49. The summed E-state index contributed by atoms with van der Waals surface area (Å²) < 4.78 is 7.36. The summed E-state index contributed by atoms with van der Waals surface area (Å²) in [5, 5.41) is 0. The average Bonchev–Trinajstić information content (AvgIpc) is 3.16. The second-order valence-electron chi connectivity index (χ2n) is 5.96. The minimum atomic E-state index is 0.191. The van der Waals surface area contributed by atoms with Crippen molar-refractivity contribution in [2.75, 3.05) is 44.1 Å². The molecule has 0 unspecified atom stereocenters. The molecule has 0 bridgehead atoms. The monoisotopic (exact) mass is 362 g/mol. The lowest BCUT2D eigenvalue weighted by Gasteiger charge is -2.35. The molecular weight excluding hydrogens is 340 g/mol. The van der Waals surface area contributed by atoms with Gasteiger partial charge in [0.1, 0.15) is 5.75 Å². The number of alkyl halides is 1. The molecule has 3 rings (SSSR count). The Labute approximate surface area is 153 Å². The molecular formula is C18H23ClN4O2. The number of methoxy groups -OCH3 is 1. The molecule has 0 aliphatic carbocycles. The van der Waals surface area contributed by atoms with Crippen LogP contribution in [0.3, 0.4) is 0 Å². The Balaban J connectivity index is 1.68. The normalized spacial score (nSPS) is 14.6. The van der Waals surface area contributed by atoms with E-state index >= 15 is 0 Å². The van der Waals surface area contributed by atoms with Crippen molar-refractivity contribution in [3.63, 3.8) is 0 Å². The molecule has 1 saturated heterocycles. The van der Waals surface area contributed by atoms with Crippen LogP contribution in [0.4, 0.5) is 5.95 Å². The zero-order chi connectivity index (χ0) is 17.6. The maximum absolute atomic E-state index is 12.1. The molecule has 2 heterocycles. The first-order valence-corrected chi connectivity index (χ1v) is 9.03. The highest BCUT2D eigenvalue weighted by atomic mass is 35.5. The number of nitrogens with zero attached hydrogens (tertiary/aromatic N) is 4. The zero-order valence-corrected chi connectivity index (χ0v) is 15.2. The van der Waals surface area contributed by atoms with Crippen molar-refractivity contribution in [2.24, 2.45) is 0 Å². The highest BCUT2D eigenvalue weighted by molar-refractivity contribution is 6.17. The molecule has 1 aliphatic heterocycles. The summed E-state index contributed by atoms with van der Waals surface area (Å²) in [6.45, 7) is 2.97. The Kier molecular flexibility index (Phi) is 5.81. The molecule has 0 spiro atoms. The van der Waals surface area contributed by atoms with E-state index in [1.165, 1.54) is 0 Å². The van der Waals surface area contributed by atoms with Crippen LogP contribution >= 0.6 is 11.6 Å². The van der Waals surface area contributed by atoms with Gasteiger partial charge in [-0.1, -0.05) is 6.07 Å². The molecule has 1 aliphatic rings. The number of hydrogen-bond donors (Lipinski definition) is 0. The van der Waals surface area contributed by atoms with E-state index in [4.69, 9.17) is 16.3 Å². The van der Waals surface area contributed by atoms with Gasteiger partial charge in [-0.15, -0.1) is 11.6 Å². The van der Waals surface area contributed by atoms with Gasteiger partial charge in [0.25, 0.3) is 0 Å². The van der Waals surface area contributed by atoms with Gasteiger partial charge >= 0.3 is 0 Å². The number of halogens is 1. The predicted molar refractivity (Wildman–Crippen MR) is 98.9 cm³/mol. The SMILES string of the molecule is COc1cccc(-n2ccnc2N2CCN(C(=O)CCCCl)CC2)c1. The Bertz CT molecular complexity index is 711. The predicted octanol–water partition coefficient (Wildman–Crippen LogP) is 2.55. The van der Waals surface area contributed by atoms with Crippen LogP contribution in [0.5, 0.6) is 5.75 Å². The van der Waals surface area contributed by atoms with Crippen LogP contribution in [0.2, 0.25) is 0 Å². The number of carbonyl (C=O) groups is 1. The molecule has 1 amide bonds. The smallest absolute Gasteiger partial charge is 0.222 e. The van der Waals surface area contributed by atoms with Gasteiger partial charge in [-0.2, -0.15) is 0 Å². The molecule has 2 aromatic rings. The summed E-state index contributed by atoms with van der Waals surface area (Å²) in [7, 11) is 1.66. The van der Waals surface area contributed by atoms with E-state index < -0.39 is 0 Å². The lowest BCUT2D eigenvalue weighted by Crippen LogP contribution is -2.49. The molecule has 0 radical (unpaired) electrons. The molecule has 0 N–H and O–H groups in total. The third kappa shape index (κ3) is 4.07. The second-order valence-corrected chi connectivity index (χ2v) is 6.34. The number of benzene rings is 1. The highest BCUT2D eigenvalue weighted by Crippen LogP contribution is 2.23. The number of rotatable bonds is 6. The van der Waals surface area contributed by atoms with Gasteiger partial charge in [0.15, 0.2) is 0 Å². The van der Waals surface area contributed by atoms with E-state index in [0.717, 1.165) is 36.9 Å². The fourth-order valence-corrected chi connectivity index (χ4v) is 3.16. The summed E-state index contributed by atoms with van der Waals surface area (Å²) in [5.41, 5.74) is 1.01. The van der Waals surface area contributed by atoms with Crippen molar-refractivity contribution in [3.8, 4) is 11.4 Å². The van der Waals surface area contributed by atoms with E-state index in [2.05, 4.69) is 9.88 Å². The Morgan fingerprint density at radius 1 is 1.28 bits per heavy atom. The molecule has 134 valence electrons. The Hall–Kier alpha value is -2.21. The molecule has 1 aromatic heterocycles. The van der Waals surface area contributed by atoms with E-state index in [9.17, 15) is 4.79 Å². The molecule has 6 nitrogen and oxygen atoms in total. The van der Waals surface area contributed by atoms with E-state index in [-0.39, 0.29) is 5.91 Å². The molecule has 25 heavy (non-hydrogen) atoms. The van der Waals surface area contributed by atoms with Crippen molar-refractivity contribution in [1.29, 1.82) is 0 Å². The minimum absolute atomic E-state index is 0.191. The lowest BCUT2D eigenvalue weighted by atomic mass is 10.2. The van der Waals surface area contributed by atoms with Gasteiger partial charge in [0, 0.05) is 56.9 Å². The maximum atomic E-state index is 12.1. The summed E-state index contributed by atoms with van der Waals surface area (Å²) in [5.74, 6) is 2.42. The van der Waals surface area contributed by atoms with Crippen LogP contribution in [0.1, 0.15) is 12.8 Å². The number of anilines is 1. The van der Waals surface area contributed by atoms with E-state index in [1.54, 1.807) is 13.3 Å². The average molecular weight is 363 g/mol. The van der Waals surface area contributed by atoms with Crippen LogP contribution in [-0.4, -0.2) is 59.5 Å². The number of carbonyl (C=O) groups excluding carboxylic acids is 1. The summed E-state index contributed by atoms with van der Waals surface area (Å²) in [4.78, 5) is 20.8. The molecule has 7 heteroatoms. The number of ether oxygens (including phenoxy) is 1.